The SMILES string of the molecule is CCC(C)C(O)CN(CCOC)CCOC. The molecule has 2 unspecified atom stereocenters. The number of ether oxygens (including phenoxy) is 2. The monoisotopic (exact) mass is 233 g/mol. The van der Waals surface area contributed by atoms with Crippen LogP contribution < -0.4 is 0 Å². The molecule has 2 atom stereocenters. The molecule has 16 heavy (non-hydrogen) atoms. The molecule has 0 aromatic carbocycles. The molecule has 0 bridgehead atoms. The summed E-state index contributed by atoms with van der Waals surface area (Å²) in [6.45, 7) is 7.94. The Morgan fingerprint density at radius 2 is 1.62 bits per heavy atom. The number of methoxy groups -OCH3 is 2. The fourth-order valence-corrected chi connectivity index (χ4v) is 1.45. The van der Waals surface area contributed by atoms with E-state index >= 15 is 0 Å². The van der Waals surface area contributed by atoms with Crippen molar-refractivity contribution in [2.75, 3.05) is 47.1 Å². The molecule has 0 aliphatic heterocycles. The van der Waals surface area contributed by atoms with Crippen LogP contribution in [0.5, 0.6) is 0 Å². The number of aliphatic hydroxyl groups is 1. The minimum Gasteiger partial charge on any atom is -0.392 e. The molecule has 0 amide bonds. The second-order valence-electron chi connectivity index (χ2n) is 4.24. The van der Waals surface area contributed by atoms with E-state index in [9.17, 15) is 5.11 Å². The van der Waals surface area contributed by atoms with Crippen LogP contribution >= 0.6 is 0 Å². The van der Waals surface area contributed by atoms with Crippen LogP contribution in [0.25, 0.3) is 0 Å². The molecule has 0 aliphatic rings. The molecule has 0 saturated heterocycles. The fourth-order valence-electron chi connectivity index (χ4n) is 1.45. The van der Waals surface area contributed by atoms with Crippen LogP contribution in [0.1, 0.15) is 20.3 Å². The average Bonchev–Trinajstić information content (AvgIpc) is 2.31. The number of aliphatic hydroxyl groups excluding tert-OH is 1. The predicted octanol–water partition coefficient (Wildman–Crippen LogP) is 0.988. The van der Waals surface area contributed by atoms with Crippen LogP contribution in [-0.2, 0) is 9.47 Å². The first kappa shape index (κ1) is 15.8. The molecule has 98 valence electrons. The summed E-state index contributed by atoms with van der Waals surface area (Å²) in [6, 6.07) is 0. The molecule has 0 heterocycles. The molecule has 0 aromatic rings. The third kappa shape index (κ3) is 7.17. The van der Waals surface area contributed by atoms with Crippen molar-refractivity contribution in [1.82, 2.24) is 4.90 Å². The lowest BCUT2D eigenvalue weighted by Gasteiger charge is -2.27. The maximum absolute atomic E-state index is 9.96. The van der Waals surface area contributed by atoms with Crippen LogP contribution in [0, 0.1) is 5.92 Å². The van der Waals surface area contributed by atoms with Crippen molar-refractivity contribution in [1.29, 1.82) is 0 Å². The second kappa shape index (κ2) is 10.0. The van der Waals surface area contributed by atoms with Crippen molar-refractivity contribution < 1.29 is 14.6 Å². The second-order valence-corrected chi connectivity index (χ2v) is 4.24. The highest BCUT2D eigenvalue weighted by Crippen LogP contribution is 2.08. The maximum Gasteiger partial charge on any atom is 0.0692 e. The molecular formula is C12H27NO3. The van der Waals surface area contributed by atoms with Gasteiger partial charge in [0.2, 0.25) is 0 Å². The van der Waals surface area contributed by atoms with Crippen molar-refractivity contribution in [3.05, 3.63) is 0 Å². The van der Waals surface area contributed by atoms with Gasteiger partial charge >= 0.3 is 0 Å². The van der Waals surface area contributed by atoms with E-state index in [4.69, 9.17) is 9.47 Å². The third-order valence-electron chi connectivity index (χ3n) is 2.97. The molecule has 0 spiro atoms. The Morgan fingerprint density at radius 3 is 2.00 bits per heavy atom. The first-order valence-corrected chi connectivity index (χ1v) is 6.04. The number of rotatable bonds is 10. The van der Waals surface area contributed by atoms with Crippen molar-refractivity contribution in [2.45, 2.75) is 26.4 Å². The van der Waals surface area contributed by atoms with E-state index < -0.39 is 0 Å². The van der Waals surface area contributed by atoms with Crippen LogP contribution in [0.2, 0.25) is 0 Å². The number of nitrogens with zero attached hydrogens (tertiary/aromatic N) is 1. The maximum atomic E-state index is 9.96. The summed E-state index contributed by atoms with van der Waals surface area (Å²) in [5, 5.41) is 9.96. The topological polar surface area (TPSA) is 41.9 Å². The lowest BCUT2D eigenvalue weighted by molar-refractivity contribution is 0.0445. The van der Waals surface area contributed by atoms with Crippen LogP contribution in [0.4, 0.5) is 0 Å². The van der Waals surface area contributed by atoms with Crippen LogP contribution in [0.3, 0.4) is 0 Å². The summed E-state index contributed by atoms with van der Waals surface area (Å²) in [7, 11) is 3.39. The highest BCUT2D eigenvalue weighted by molar-refractivity contribution is 4.69. The van der Waals surface area contributed by atoms with Gasteiger partial charge < -0.3 is 14.6 Å². The molecule has 0 aromatic heterocycles. The van der Waals surface area contributed by atoms with Gasteiger partial charge in [-0.1, -0.05) is 20.3 Å². The molecular weight excluding hydrogens is 206 g/mol. The van der Waals surface area contributed by atoms with Gasteiger partial charge in [-0.05, 0) is 5.92 Å². The number of hydrogen-bond donors (Lipinski definition) is 1. The van der Waals surface area contributed by atoms with Gasteiger partial charge in [0.05, 0.1) is 19.3 Å². The predicted molar refractivity (Wildman–Crippen MR) is 65.7 cm³/mol. The molecule has 1 N–H and O–H groups in total. The zero-order valence-electron chi connectivity index (χ0n) is 11.1. The van der Waals surface area contributed by atoms with Gasteiger partial charge in [0, 0.05) is 33.9 Å². The van der Waals surface area contributed by atoms with Gasteiger partial charge in [-0.2, -0.15) is 0 Å². The van der Waals surface area contributed by atoms with Crippen LogP contribution in [-0.4, -0.2) is 63.2 Å². The molecule has 4 heteroatoms. The Labute approximate surface area is 99.5 Å². The van der Waals surface area contributed by atoms with Gasteiger partial charge in [-0.3, -0.25) is 4.90 Å². The Balaban J connectivity index is 3.96. The number of hydrogen-bond acceptors (Lipinski definition) is 4. The van der Waals surface area contributed by atoms with E-state index in [0.717, 1.165) is 19.5 Å². The lowest BCUT2D eigenvalue weighted by atomic mass is 10.0. The largest absolute Gasteiger partial charge is 0.392 e. The Hall–Kier alpha value is -0.160. The summed E-state index contributed by atoms with van der Waals surface area (Å²) >= 11 is 0. The first-order chi connectivity index (χ1) is 7.65. The van der Waals surface area contributed by atoms with E-state index in [1.807, 2.05) is 0 Å². The van der Waals surface area contributed by atoms with Gasteiger partial charge in [-0.15, -0.1) is 0 Å². The van der Waals surface area contributed by atoms with E-state index in [0.29, 0.717) is 25.7 Å². The minimum absolute atomic E-state index is 0.265. The van der Waals surface area contributed by atoms with Gasteiger partial charge in [0.15, 0.2) is 0 Å². The van der Waals surface area contributed by atoms with Gasteiger partial charge in [0.25, 0.3) is 0 Å². The van der Waals surface area contributed by atoms with Crippen molar-refractivity contribution in [2.24, 2.45) is 5.92 Å². The fraction of sp³-hybridized carbons (Fsp3) is 1.00. The van der Waals surface area contributed by atoms with Gasteiger partial charge in [0.1, 0.15) is 0 Å². The van der Waals surface area contributed by atoms with Crippen molar-refractivity contribution >= 4 is 0 Å². The minimum atomic E-state index is -0.265. The van der Waals surface area contributed by atoms with Crippen molar-refractivity contribution in [3.8, 4) is 0 Å². The average molecular weight is 233 g/mol. The first-order valence-electron chi connectivity index (χ1n) is 6.04. The highest BCUT2D eigenvalue weighted by Gasteiger charge is 2.16. The quantitative estimate of drug-likeness (QED) is 0.611. The van der Waals surface area contributed by atoms with Crippen molar-refractivity contribution in [3.63, 3.8) is 0 Å². The Kier molecular flexibility index (Phi) is 9.92. The highest BCUT2D eigenvalue weighted by atomic mass is 16.5. The standard InChI is InChI=1S/C12H27NO3/c1-5-11(2)12(14)10-13(6-8-15-3)7-9-16-4/h11-12,14H,5-10H2,1-4H3. The summed E-state index contributed by atoms with van der Waals surface area (Å²) in [5.74, 6) is 0.340. The molecule has 0 fully saturated rings. The summed E-state index contributed by atoms with van der Waals surface area (Å²) in [4.78, 5) is 2.18. The Morgan fingerprint density at radius 1 is 1.12 bits per heavy atom. The Bertz CT molecular complexity index is 147. The van der Waals surface area contributed by atoms with E-state index in [-0.39, 0.29) is 6.10 Å². The summed E-state index contributed by atoms with van der Waals surface area (Å²) in [6.07, 6.45) is 0.738. The van der Waals surface area contributed by atoms with E-state index in [1.165, 1.54) is 0 Å². The molecule has 0 aliphatic carbocycles. The zero-order chi connectivity index (χ0) is 12.4. The third-order valence-corrected chi connectivity index (χ3v) is 2.97. The van der Waals surface area contributed by atoms with E-state index in [2.05, 4.69) is 18.7 Å². The summed E-state index contributed by atoms with van der Waals surface area (Å²) in [5.41, 5.74) is 0. The molecule has 0 rings (SSSR count). The summed E-state index contributed by atoms with van der Waals surface area (Å²) < 4.78 is 10.1. The molecule has 0 saturated carbocycles. The normalized spacial score (nSPS) is 15.4. The van der Waals surface area contributed by atoms with Crippen LogP contribution in [0.15, 0.2) is 0 Å². The molecule has 4 nitrogen and oxygen atoms in total. The van der Waals surface area contributed by atoms with E-state index in [1.54, 1.807) is 14.2 Å². The zero-order valence-corrected chi connectivity index (χ0v) is 11.1. The van der Waals surface area contributed by atoms with Gasteiger partial charge in [-0.25, -0.2) is 0 Å². The smallest absolute Gasteiger partial charge is 0.0692 e. The lowest BCUT2D eigenvalue weighted by Crippen LogP contribution is -2.39. The molecule has 0 radical (unpaired) electrons.